The van der Waals surface area contributed by atoms with E-state index < -0.39 is 11.9 Å². The fourth-order valence-electron chi connectivity index (χ4n) is 3.24. The number of aromatic nitrogens is 2. The molecule has 2 aromatic carbocycles. The minimum atomic E-state index is -0.546. The number of aliphatic hydroxyl groups excluding tert-OH is 1. The maximum Gasteiger partial charge on any atom is 0.298 e. The van der Waals surface area contributed by atoms with Crippen LogP contribution in [0.15, 0.2) is 66.1 Å². The fourth-order valence-corrected chi connectivity index (χ4v) is 3.48. The fraction of sp³-hybridized carbons (Fsp3) is 0.100. The van der Waals surface area contributed by atoms with Crippen molar-refractivity contribution in [2.75, 3.05) is 0 Å². The number of aryl methyl sites for hydroxylation is 1. The lowest BCUT2D eigenvalue weighted by molar-refractivity contribution is 0.185. The number of para-hydroxylation sites is 1. The highest BCUT2D eigenvalue weighted by molar-refractivity contribution is 6.31. The predicted molar refractivity (Wildman–Crippen MR) is 97.5 cm³/mol. The topological polar surface area (TPSA) is 71.1 Å². The zero-order valence-electron chi connectivity index (χ0n) is 13.8. The van der Waals surface area contributed by atoms with Crippen molar-refractivity contribution in [1.29, 1.82) is 5.26 Å². The van der Waals surface area contributed by atoms with E-state index in [2.05, 4.69) is 11.2 Å². The van der Waals surface area contributed by atoms with Crippen LogP contribution in [0, 0.1) is 18.3 Å². The van der Waals surface area contributed by atoms with Gasteiger partial charge in [-0.15, -0.1) is 0 Å². The lowest BCUT2D eigenvalue weighted by atomic mass is 9.84. The van der Waals surface area contributed by atoms with E-state index in [0.29, 0.717) is 16.6 Å². The SMILES string of the molecule is Cc1nn(-c2ccccc2)c2c1[C@@H](c1ccccc1Cl)C(C#N)=C(O)O2. The number of aliphatic hydroxyl groups is 1. The third-order valence-corrected chi connectivity index (χ3v) is 4.75. The van der Waals surface area contributed by atoms with Gasteiger partial charge < -0.3 is 9.84 Å². The molecule has 1 N–H and O–H groups in total. The van der Waals surface area contributed by atoms with Gasteiger partial charge in [-0.25, -0.2) is 4.68 Å². The molecule has 1 aromatic heterocycles. The molecule has 0 fully saturated rings. The van der Waals surface area contributed by atoms with Crippen molar-refractivity contribution in [3.8, 4) is 17.6 Å². The van der Waals surface area contributed by atoms with Gasteiger partial charge in [0, 0.05) is 5.02 Å². The monoisotopic (exact) mass is 363 g/mol. The molecule has 0 spiro atoms. The number of rotatable bonds is 2. The van der Waals surface area contributed by atoms with Crippen LogP contribution < -0.4 is 4.74 Å². The third kappa shape index (κ3) is 2.43. The summed E-state index contributed by atoms with van der Waals surface area (Å²) < 4.78 is 7.23. The second kappa shape index (κ2) is 6.25. The predicted octanol–water partition coefficient (Wildman–Crippen LogP) is 4.65. The summed E-state index contributed by atoms with van der Waals surface area (Å²) in [6.07, 6.45) is 0. The van der Waals surface area contributed by atoms with E-state index in [1.54, 1.807) is 10.7 Å². The molecule has 6 heteroatoms. The number of hydrogen-bond acceptors (Lipinski definition) is 4. The van der Waals surface area contributed by atoms with Crippen molar-refractivity contribution in [3.63, 3.8) is 0 Å². The molecule has 1 atom stereocenters. The number of benzene rings is 2. The normalized spacial score (nSPS) is 16.0. The molecular formula is C20H14ClN3O2. The number of allylic oxidation sites excluding steroid dienone is 1. The number of fused-ring (bicyclic) bond motifs is 1. The van der Waals surface area contributed by atoms with Gasteiger partial charge in [0.25, 0.3) is 5.95 Å². The van der Waals surface area contributed by atoms with E-state index in [1.807, 2.05) is 55.5 Å². The van der Waals surface area contributed by atoms with Crippen LogP contribution in [0.4, 0.5) is 0 Å². The molecule has 1 aliphatic rings. The van der Waals surface area contributed by atoms with E-state index in [-0.39, 0.29) is 5.57 Å². The smallest absolute Gasteiger partial charge is 0.298 e. The maximum absolute atomic E-state index is 10.4. The Labute approximate surface area is 155 Å². The summed E-state index contributed by atoms with van der Waals surface area (Å²) in [4.78, 5) is 0. The molecule has 0 aliphatic carbocycles. The molecule has 0 radical (unpaired) electrons. The Morgan fingerprint density at radius 2 is 1.85 bits per heavy atom. The van der Waals surface area contributed by atoms with Gasteiger partial charge in [-0.05, 0) is 30.7 Å². The molecule has 0 bridgehead atoms. The Kier molecular flexibility index (Phi) is 3.90. The molecule has 128 valence electrons. The maximum atomic E-state index is 10.4. The van der Waals surface area contributed by atoms with Crippen molar-refractivity contribution in [2.24, 2.45) is 0 Å². The lowest BCUT2D eigenvalue weighted by Crippen LogP contribution is -2.17. The number of nitriles is 1. The first-order valence-corrected chi connectivity index (χ1v) is 8.40. The zero-order chi connectivity index (χ0) is 18.3. The first kappa shape index (κ1) is 16.2. The molecule has 0 saturated heterocycles. The zero-order valence-corrected chi connectivity index (χ0v) is 14.6. The second-order valence-corrected chi connectivity index (χ2v) is 6.35. The van der Waals surface area contributed by atoms with E-state index in [4.69, 9.17) is 16.3 Å². The Hall–Kier alpha value is -3.23. The summed E-state index contributed by atoms with van der Waals surface area (Å²) in [7, 11) is 0. The standard InChI is InChI=1S/C20H14ClN3O2/c1-12-17-18(14-9-5-6-10-16(14)21)15(11-22)20(25)26-19(17)24(23-12)13-7-3-2-4-8-13/h2-10,18,25H,1H3/t18-/m0/s1. The molecule has 5 nitrogen and oxygen atoms in total. The number of hydrogen-bond donors (Lipinski definition) is 1. The van der Waals surface area contributed by atoms with Gasteiger partial charge in [-0.1, -0.05) is 48.0 Å². The highest BCUT2D eigenvalue weighted by Crippen LogP contribution is 2.46. The van der Waals surface area contributed by atoms with Crippen LogP contribution >= 0.6 is 11.6 Å². The van der Waals surface area contributed by atoms with Crippen LogP contribution in [-0.4, -0.2) is 14.9 Å². The van der Waals surface area contributed by atoms with E-state index >= 15 is 0 Å². The van der Waals surface area contributed by atoms with Gasteiger partial charge >= 0.3 is 0 Å². The van der Waals surface area contributed by atoms with Crippen molar-refractivity contribution in [1.82, 2.24) is 9.78 Å². The van der Waals surface area contributed by atoms with Crippen molar-refractivity contribution >= 4 is 11.6 Å². The number of halogens is 1. The average Bonchev–Trinajstić information content (AvgIpc) is 2.98. The quantitative estimate of drug-likeness (QED) is 0.719. The van der Waals surface area contributed by atoms with Crippen molar-refractivity contribution in [2.45, 2.75) is 12.8 Å². The van der Waals surface area contributed by atoms with Gasteiger partial charge in [0.15, 0.2) is 0 Å². The average molecular weight is 364 g/mol. The highest BCUT2D eigenvalue weighted by atomic mass is 35.5. The summed E-state index contributed by atoms with van der Waals surface area (Å²) in [6.45, 7) is 1.85. The van der Waals surface area contributed by atoms with Crippen molar-refractivity contribution < 1.29 is 9.84 Å². The summed E-state index contributed by atoms with van der Waals surface area (Å²) in [5.74, 6) is -0.591. The minimum Gasteiger partial charge on any atom is -0.480 e. The van der Waals surface area contributed by atoms with E-state index in [1.165, 1.54) is 0 Å². The minimum absolute atomic E-state index is 0.112. The third-order valence-electron chi connectivity index (χ3n) is 4.40. The summed E-state index contributed by atoms with van der Waals surface area (Å²) in [5, 5.41) is 25.1. The van der Waals surface area contributed by atoms with Crippen LogP contribution in [0.3, 0.4) is 0 Å². The van der Waals surface area contributed by atoms with E-state index in [9.17, 15) is 10.4 Å². The molecule has 1 aliphatic heterocycles. The first-order valence-electron chi connectivity index (χ1n) is 8.02. The highest BCUT2D eigenvalue weighted by Gasteiger charge is 2.37. The van der Waals surface area contributed by atoms with Gasteiger partial charge in [0.05, 0.1) is 22.9 Å². The molecule has 26 heavy (non-hydrogen) atoms. The largest absolute Gasteiger partial charge is 0.480 e. The molecule has 3 aromatic rings. The summed E-state index contributed by atoms with van der Waals surface area (Å²) in [6, 6.07) is 18.8. The van der Waals surface area contributed by atoms with Crippen LogP contribution in [0.5, 0.6) is 5.88 Å². The van der Waals surface area contributed by atoms with Gasteiger partial charge in [-0.3, -0.25) is 0 Å². The Morgan fingerprint density at radius 1 is 1.15 bits per heavy atom. The molecule has 4 rings (SSSR count). The summed E-state index contributed by atoms with van der Waals surface area (Å²) >= 11 is 6.39. The van der Waals surface area contributed by atoms with Crippen LogP contribution in [0.2, 0.25) is 5.02 Å². The molecular weight excluding hydrogens is 350 g/mol. The Morgan fingerprint density at radius 3 is 2.54 bits per heavy atom. The van der Waals surface area contributed by atoms with Crippen molar-refractivity contribution in [3.05, 3.63) is 88.0 Å². The Bertz CT molecular complexity index is 1060. The molecule has 0 amide bonds. The van der Waals surface area contributed by atoms with Crippen LogP contribution in [-0.2, 0) is 0 Å². The van der Waals surface area contributed by atoms with E-state index in [0.717, 1.165) is 16.8 Å². The Balaban J connectivity index is 1.99. The van der Waals surface area contributed by atoms with Gasteiger partial charge in [0.1, 0.15) is 11.6 Å². The van der Waals surface area contributed by atoms with Gasteiger partial charge in [0.2, 0.25) is 5.88 Å². The lowest BCUT2D eigenvalue weighted by Gasteiger charge is -2.24. The number of ether oxygens (including phenoxy) is 1. The van der Waals surface area contributed by atoms with Gasteiger partial charge in [-0.2, -0.15) is 10.4 Å². The summed E-state index contributed by atoms with van der Waals surface area (Å²) in [5.41, 5.74) is 3.05. The molecule has 0 saturated carbocycles. The first-order chi connectivity index (χ1) is 12.6. The molecule has 2 heterocycles. The molecule has 0 unspecified atom stereocenters. The number of nitrogens with zero attached hydrogens (tertiary/aromatic N) is 3. The second-order valence-electron chi connectivity index (χ2n) is 5.94. The van der Waals surface area contributed by atoms with Crippen LogP contribution in [0.25, 0.3) is 5.69 Å². The van der Waals surface area contributed by atoms with Crippen LogP contribution in [0.1, 0.15) is 22.7 Å².